The Morgan fingerprint density at radius 3 is 2.50 bits per heavy atom. The van der Waals surface area contributed by atoms with Gasteiger partial charge in [-0.25, -0.2) is 0 Å². The highest BCUT2D eigenvalue weighted by atomic mass is 35.5. The minimum absolute atomic E-state index is 0. The van der Waals surface area contributed by atoms with Gasteiger partial charge in [0.25, 0.3) is 5.91 Å². The molecule has 2 atom stereocenters. The number of nitrogens with zero attached hydrogens (tertiary/aromatic N) is 1. The van der Waals surface area contributed by atoms with Gasteiger partial charge >= 0.3 is 0 Å². The van der Waals surface area contributed by atoms with E-state index in [1.54, 1.807) is 13.2 Å². The number of methoxy groups -OCH3 is 1. The van der Waals surface area contributed by atoms with Crippen LogP contribution in [0.25, 0.3) is 0 Å². The highest BCUT2D eigenvalue weighted by Gasteiger charge is 2.34. The molecule has 2 N–H and O–H groups in total. The van der Waals surface area contributed by atoms with Crippen LogP contribution < -0.4 is 10.5 Å². The molecule has 6 heteroatoms. The van der Waals surface area contributed by atoms with Crippen LogP contribution in [0.1, 0.15) is 21.8 Å². The van der Waals surface area contributed by atoms with Gasteiger partial charge in [-0.3, -0.25) is 4.79 Å². The third kappa shape index (κ3) is 4.55. The molecule has 0 bridgehead atoms. The van der Waals surface area contributed by atoms with Crippen LogP contribution in [0.15, 0.2) is 54.6 Å². The standard InChI is InChI=1S/C20H24N2O3.ClH/c1-24-11-12-25-19-10-6-5-9-16(19)20(23)22-13-17(18(21)14-22)15-7-3-2-4-8-15;/h2-10,17-18H,11-14,21H2,1H3;1H/t17-,18+;/m0./s1. The van der Waals surface area contributed by atoms with E-state index in [4.69, 9.17) is 15.2 Å². The van der Waals surface area contributed by atoms with Crippen LogP contribution in [0.5, 0.6) is 5.75 Å². The molecule has 2 aromatic rings. The van der Waals surface area contributed by atoms with Crippen LogP contribution in [0, 0.1) is 0 Å². The topological polar surface area (TPSA) is 64.8 Å². The minimum atomic E-state index is -0.0621. The Morgan fingerprint density at radius 1 is 1.08 bits per heavy atom. The fourth-order valence-electron chi connectivity index (χ4n) is 3.22. The first-order chi connectivity index (χ1) is 12.2. The van der Waals surface area contributed by atoms with E-state index < -0.39 is 0 Å². The molecule has 1 heterocycles. The van der Waals surface area contributed by atoms with Gasteiger partial charge in [0.2, 0.25) is 0 Å². The molecule has 0 saturated carbocycles. The number of rotatable bonds is 6. The van der Waals surface area contributed by atoms with Crippen molar-refractivity contribution < 1.29 is 14.3 Å². The molecule has 1 fully saturated rings. The number of nitrogens with two attached hydrogens (primary N) is 1. The van der Waals surface area contributed by atoms with Crippen LogP contribution >= 0.6 is 12.4 Å². The first-order valence-corrected chi connectivity index (χ1v) is 8.51. The number of para-hydroxylation sites is 1. The Hall–Kier alpha value is -2.08. The fourth-order valence-corrected chi connectivity index (χ4v) is 3.22. The number of carbonyl (C=O) groups excluding carboxylic acids is 1. The lowest BCUT2D eigenvalue weighted by Crippen LogP contribution is -2.32. The summed E-state index contributed by atoms with van der Waals surface area (Å²) in [5.74, 6) is 0.704. The van der Waals surface area contributed by atoms with Crippen LogP contribution in [0.4, 0.5) is 0 Å². The maximum Gasteiger partial charge on any atom is 0.257 e. The van der Waals surface area contributed by atoms with E-state index in [1.165, 1.54) is 5.56 Å². The van der Waals surface area contributed by atoms with Crippen molar-refractivity contribution in [2.24, 2.45) is 5.73 Å². The number of amides is 1. The first kappa shape index (κ1) is 20.2. The predicted octanol–water partition coefficient (Wildman–Crippen LogP) is 2.70. The summed E-state index contributed by atoms with van der Waals surface area (Å²) in [7, 11) is 1.62. The molecule has 1 aliphatic rings. The van der Waals surface area contributed by atoms with Crippen molar-refractivity contribution in [2.45, 2.75) is 12.0 Å². The lowest BCUT2D eigenvalue weighted by molar-refractivity contribution is 0.0782. The van der Waals surface area contributed by atoms with E-state index in [0.717, 1.165) is 0 Å². The average molecular weight is 377 g/mol. The van der Waals surface area contributed by atoms with Gasteiger partial charge in [0.05, 0.1) is 12.2 Å². The van der Waals surface area contributed by atoms with Gasteiger partial charge in [-0.1, -0.05) is 42.5 Å². The highest BCUT2D eigenvalue weighted by Crippen LogP contribution is 2.29. The number of halogens is 1. The van der Waals surface area contributed by atoms with Crippen LogP contribution in [0.2, 0.25) is 0 Å². The molecule has 0 unspecified atom stereocenters. The van der Waals surface area contributed by atoms with Crippen LogP contribution in [-0.2, 0) is 4.74 Å². The van der Waals surface area contributed by atoms with E-state index in [0.29, 0.717) is 37.6 Å². The Morgan fingerprint density at radius 2 is 1.77 bits per heavy atom. The zero-order chi connectivity index (χ0) is 17.6. The molecule has 140 valence electrons. The summed E-state index contributed by atoms with van der Waals surface area (Å²) < 4.78 is 10.7. The molecule has 2 aromatic carbocycles. The Labute approximate surface area is 160 Å². The third-order valence-corrected chi connectivity index (χ3v) is 4.54. The van der Waals surface area contributed by atoms with E-state index in [1.807, 2.05) is 41.3 Å². The van der Waals surface area contributed by atoms with Crippen molar-refractivity contribution in [1.29, 1.82) is 0 Å². The van der Waals surface area contributed by atoms with Crippen molar-refractivity contribution in [2.75, 3.05) is 33.4 Å². The summed E-state index contributed by atoms with van der Waals surface area (Å²) in [6.07, 6.45) is 0. The summed E-state index contributed by atoms with van der Waals surface area (Å²) in [5.41, 5.74) is 8.06. The zero-order valence-electron chi connectivity index (χ0n) is 14.8. The van der Waals surface area contributed by atoms with Gasteiger partial charge in [-0.05, 0) is 17.7 Å². The van der Waals surface area contributed by atoms with Gasteiger partial charge in [-0.2, -0.15) is 0 Å². The maximum absolute atomic E-state index is 13.0. The van der Waals surface area contributed by atoms with Gasteiger partial charge in [0.15, 0.2) is 0 Å². The first-order valence-electron chi connectivity index (χ1n) is 8.51. The molecule has 1 saturated heterocycles. The van der Waals surface area contributed by atoms with E-state index in [9.17, 15) is 4.79 Å². The van der Waals surface area contributed by atoms with E-state index in [2.05, 4.69) is 12.1 Å². The molecule has 0 spiro atoms. The number of ether oxygens (including phenoxy) is 2. The number of hydrogen-bond donors (Lipinski definition) is 1. The van der Waals surface area contributed by atoms with Crippen molar-refractivity contribution in [3.05, 3.63) is 65.7 Å². The second kappa shape index (κ2) is 9.57. The normalized spacial score (nSPS) is 19.1. The fraction of sp³-hybridized carbons (Fsp3) is 0.350. The minimum Gasteiger partial charge on any atom is -0.490 e. The molecule has 3 rings (SSSR count). The van der Waals surface area contributed by atoms with E-state index in [-0.39, 0.29) is 30.3 Å². The van der Waals surface area contributed by atoms with Crippen molar-refractivity contribution >= 4 is 18.3 Å². The number of carbonyl (C=O) groups is 1. The largest absolute Gasteiger partial charge is 0.490 e. The maximum atomic E-state index is 13.0. The van der Waals surface area contributed by atoms with Gasteiger partial charge in [0, 0.05) is 32.2 Å². The van der Waals surface area contributed by atoms with Gasteiger partial charge in [-0.15, -0.1) is 12.4 Å². The number of hydrogen-bond acceptors (Lipinski definition) is 4. The molecule has 0 aromatic heterocycles. The van der Waals surface area contributed by atoms with Gasteiger partial charge < -0.3 is 20.1 Å². The van der Waals surface area contributed by atoms with Crippen LogP contribution in [0.3, 0.4) is 0 Å². The lowest BCUT2D eigenvalue weighted by Gasteiger charge is -2.18. The van der Waals surface area contributed by atoms with Gasteiger partial charge in [0.1, 0.15) is 12.4 Å². The molecule has 0 radical (unpaired) electrons. The number of likely N-dealkylation sites (tertiary alicyclic amines) is 1. The van der Waals surface area contributed by atoms with Crippen molar-refractivity contribution in [1.82, 2.24) is 4.90 Å². The smallest absolute Gasteiger partial charge is 0.257 e. The Balaban J connectivity index is 0.00000243. The summed E-state index contributed by atoms with van der Waals surface area (Å²) in [6.45, 7) is 2.06. The summed E-state index contributed by atoms with van der Waals surface area (Å²) in [6, 6.07) is 17.4. The molecule has 5 nitrogen and oxygen atoms in total. The number of benzene rings is 2. The molecule has 1 amide bonds. The van der Waals surface area contributed by atoms with Crippen LogP contribution in [-0.4, -0.2) is 50.3 Å². The Kier molecular flexibility index (Phi) is 7.45. The second-order valence-corrected chi connectivity index (χ2v) is 6.23. The average Bonchev–Trinajstić information content (AvgIpc) is 3.04. The monoisotopic (exact) mass is 376 g/mol. The quantitative estimate of drug-likeness (QED) is 0.787. The molecule has 26 heavy (non-hydrogen) atoms. The third-order valence-electron chi connectivity index (χ3n) is 4.54. The van der Waals surface area contributed by atoms with Crippen molar-refractivity contribution in [3.8, 4) is 5.75 Å². The second-order valence-electron chi connectivity index (χ2n) is 6.23. The molecular formula is C20H25ClN2O3. The SMILES string of the molecule is COCCOc1ccccc1C(=O)N1C[C@@H](N)[C@H](c2ccccc2)C1.Cl. The summed E-state index contributed by atoms with van der Waals surface area (Å²) in [4.78, 5) is 14.8. The predicted molar refractivity (Wildman–Crippen MR) is 104 cm³/mol. The molecule has 0 aliphatic carbocycles. The summed E-state index contributed by atoms with van der Waals surface area (Å²) >= 11 is 0. The highest BCUT2D eigenvalue weighted by molar-refractivity contribution is 5.97. The lowest BCUT2D eigenvalue weighted by atomic mass is 9.95. The summed E-state index contributed by atoms with van der Waals surface area (Å²) in [5, 5.41) is 0. The molecular weight excluding hydrogens is 352 g/mol. The molecule has 1 aliphatic heterocycles. The Bertz CT molecular complexity index is 711. The van der Waals surface area contributed by atoms with E-state index >= 15 is 0 Å². The van der Waals surface area contributed by atoms with Crippen molar-refractivity contribution in [3.63, 3.8) is 0 Å². The zero-order valence-corrected chi connectivity index (χ0v) is 15.7.